The van der Waals surface area contributed by atoms with Crippen molar-refractivity contribution in [3.63, 3.8) is 0 Å². The van der Waals surface area contributed by atoms with Crippen LogP contribution in [0.1, 0.15) is 5.56 Å². The zero-order valence-electron chi connectivity index (χ0n) is 14.8. The fourth-order valence-electron chi connectivity index (χ4n) is 2.35. The van der Waals surface area contributed by atoms with Gasteiger partial charge in [-0.3, -0.25) is 19.2 Å². The number of methoxy groups -OCH3 is 1. The topological polar surface area (TPSA) is 119 Å². The van der Waals surface area contributed by atoms with Gasteiger partial charge >= 0.3 is 0 Å². The van der Waals surface area contributed by atoms with Crippen molar-refractivity contribution in [1.29, 1.82) is 0 Å². The van der Waals surface area contributed by atoms with Gasteiger partial charge < -0.3 is 10.1 Å². The number of hydrogen-bond acceptors (Lipinski definition) is 6. The molecule has 10 heteroatoms. The largest absolute Gasteiger partial charge is 0.495 e. The van der Waals surface area contributed by atoms with Gasteiger partial charge in [-0.15, -0.1) is 0 Å². The van der Waals surface area contributed by atoms with Crippen LogP contribution in [0, 0.1) is 10.1 Å². The predicted octanol–water partition coefficient (Wildman–Crippen LogP) is 1.69. The lowest BCUT2D eigenvalue weighted by Crippen LogP contribution is -2.40. The van der Waals surface area contributed by atoms with Crippen LogP contribution in [-0.2, 0) is 21.4 Å². The van der Waals surface area contributed by atoms with Crippen LogP contribution in [0.25, 0.3) is 0 Å². The van der Waals surface area contributed by atoms with E-state index in [1.807, 2.05) is 30.3 Å². The highest BCUT2D eigenvalue weighted by Gasteiger charge is 2.26. The second-order valence-electron chi connectivity index (χ2n) is 5.65. The van der Waals surface area contributed by atoms with Crippen molar-refractivity contribution in [3.8, 4) is 5.75 Å². The Morgan fingerprint density at radius 3 is 2.44 bits per heavy atom. The number of ether oxygens (including phenoxy) is 1. The molecule has 9 nitrogen and oxygen atoms in total. The average molecular weight is 393 g/mol. The van der Waals surface area contributed by atoms with E-state index in [0.29, 0.717) is 0 Å². The van der Waals surface area contributed by atoms with Crippen molar-refractivity contribution in [2.75, 3.05) is 24.2 Å². The molecule has 0 saturated carbocycles. The summed E-state index contributed by atoms with van der Waals surface area (Å²) >= 11 is 0. The summed E-state index contributed by atoms with van der Waals surface area (Å²) in [7, 11) is -2.59. The van der Waals surface area contributed by atoms with Crippen molar-refractivity contribution in [2.45, 2.75) is 6.54 Å². The zero-order chi connectivity index (χ0) is 20.0. The molecule has 0 aromatic heterocycles. The minimum absolute atomic E-state index is 0.0796. The number of carbonyl (C=O) groups is 1. The summed E-state index contributed by atoms with van der Waals surface area (Å²) in [5.74, 6) is -0.459. The molecule has 0 radical (unpaired) electrons. The fraction of sp³-hybridized carbons (Fsp3) is 0.235. The van der Waals surface area contributed by atoms with E-state index in [2.05, 4.69) is 5.32 Å². The number of nitro groups is 1. The van der Waals surface area contributed by atoms with Gasteiger partial charge in [-0.1, -0.05) is 30.3 Å². The van der Waals surface area contributed by atoms with E-state index in [0.717, 1.165) is 22.2 Å². The van der Waals surface area contributed by atoms with Crippen LogP contribution in [0.2, 0.25) is 0 Å². The maximum Gasteiger partial charge on any atom is 0.271 e. The molecular formula is C17H19N3O6S. The number of nitro benzene ring substituents is 1. The van der Waals surface area contributed by atoms with E-state index >= 15 is 0 Å². The lowest BCUT2D eigenvalue weighted by molar-refractivity contribution is -0.384. The van der Waals surface area contributed by atoms with Crippen molar-refractivity contribution >= 4 is 27.3 Å². The Hall–Kier alpha value is -3.14. The third-order valence-electron chi connectivity index (χ3n) is 3.66. The molecule has 2 aromatic rings. The molecule has 0 aliphatic heterocycles. The number of benzene rings is 2. The first kappa shape index (κ1) is 20.2. The van der Waals surface area contributed by atoms with Gasteiger partial charge in [-0.2, -0.15) is 0 Å². The standard InChI is InChI=1S/C17H19N3O6S/c1-26-16-9-8-14(20(22)23)10-15(16)19(27(2,24)25)12-17(21)18-11-13-6-4-3-5-7-13/h3-10H,11-12H2,1-2H3,(H,18,21). The van der Waals surface area contributed by atoms with Gasteiger partial charge in [0.2, 0.25) is 15.9 Å². The molecule has 0 aliphatic carbocycles. The molecule has 2 rings (SSSR count). The van der Waals surface area contributed by atoms with E-state index in [-0.39, 0.29) is 23.7 Å². The van der Waals surface area contributed by atoms with E-state index in [1.54, 1.807) is 0 Å². The van der Waals surface area contributed by atoms with Crippen LogP contribution in [0.15, 0.2) is 48.5 Å². The molecule has 144 valence electrons. The number of nitrogens with zero attached hydrogens (tertiary/aromatic N) is 2. The number of carbonyl (C=O) groups excluding carboxylic acids is 1. The Kier molecular flexibility index (Phi) is 6.35. The number of sulfonamides is 1. The zero-order valence-corrected chi connectivity index (χ0v) is 15.6. The molecule has 0 aliphatic rings. The normalized spacial score (nSPS) is 10.9. The maximum atomic E-state index is 12.3. The van der Waals surface area contributed by atoms with Crippen molar-refractivity contribution in [3.05, 3.63) is 64.2 Å². The van der Waals surface area contributed by atoms with E-state index < -0.39 is 27.4 Å². The first-order chi connectivity index (χ1) is 12.7. The van der Waals surface area contributed by atoms with Crippen molar-refractivity contribution in [1.82, 2.24) is 5.32 Å². The van der Waals surface area contributed by atoms with Crippen LogP contribution in [0.3, 0.4) is 0 Å². The second-order valence-corrected chi connectivity index (χ2v) is 7.55. The summed E-state index contributed by atoms with van der Waals surface area (Å²) in [6.07, 6.45) is 0.912. The number of rotatable bonds is 8. The third kappa shape index (κ3) is 5.42. The third-order valence-corrected chi connectivity index (χ3v) is 4.79. The van der Waals surface area contributed by atoms with Crippen molar-refractivity contribution < 1.29 is 22.9 Å². The minimum Gasteiger partial charge on any atom is -0.495 e. The van der Waals surface area contributed by atoms with Gasteiger partial charge in [0.25, 0.3) is 5.69 Å². The fourth-order valence-corrected chi connectivity index (χ4v) is 3.20. The van der Waals surface area contributed by atoms with E-state index in [9.17, 15) is 23.3 Å². The quantitative estimate of drug-likeness (QED) is 0.538. The summed E-state index contributed by atoms with van der Waals surface area (Å²) in [5, 5.41) is 13.7. The molecule has 0 bridgehead atoms. The summed E-state index contributed by atoms with van der Waals surface area (Å²) in [6.45, 7) is -0.313. The maximum absolute atomic E-state index is 12.3. The number of non-ortho nitro benzene ring substituents is 1. The highest BCUT2D eigenvalue weighted by atomic mass is 32.2. The highest BCUT2D eigenvalue weighted by Crippen LogP contribution is 2.33. The highest BCUT2D eigenvalue weighted by molar-refractivity contribution is 7.92. The Labute approximate surface area is 156 Å². The molecule has 0 heterocycles. The SMILES string of the molecule is COc1ccc([N+](=O)[O-])cc1N(CC(=O)NCc1ccccc1)S(C)(=O)=O. The molecule has 1 N–H and O–H groups in total. The molecule has 0 unspecified atom stereocenters. The summed E-state index contributed by atoms with van der Waals surface area (Å²) in [4.78, 5) is 22.6. The molecule has 0 saturated heterocycles. The van der Waals surface area contributed by atoms with Gasteiger partial charge in [-0.25, -0.2) is 8.42 Å². The van der Waals surface area contributed by atoms with Gasteiger partial charge in [0.05, 0.1) is 18.3 Å². The van der Waals surface area contributed by atoms with Gasteiger partial charge in [0.15, 0.2) is 0 Å². The first-order valence-corrected chi connectivity index (χ1v) is 9.68. The Balaban J connectivity index is 2.27. The lowest BCUT2D eigenvalue weighted by Gasteiger charge is -2.23. The van der Waals surface area contributed by atoms with Crippen LogP contribution in [-0.4, -0.2) is 39.2 Å². The Bertz CT molecular complexity index is 931. The summed E-state index contributed by atoms with van der Waals surface area (Å²) in [6, 6.07) is 12.6. The van der Waals surface area contributed by atoms with Gasteiger partial charge in [-0.05, 0) is 11.6 Å². The monoisotopic (exact) mass is 393 g/mol. The van der Waals surface area contributed by atoms with Crippen LogP contribution in [0.4, 0.5) is 11.4 Å². The molecule has 27 heavy (non-hydrogen) atoms. The first-order valence-electron chi connectivity index (χ1n) is 7.83. The molecule has 0 atom stereocenters. The predicted molar refractivity (Wildman–Crippen MR) is 100 cm³/mol. The molecule has 0 fully saturated rings. The van der Waals surface area contributed by atoms with E-state index in [4.69, 9.17) is 4.74 Å². The smallest absolute Gasteiger partial charge is 0.271 e. The number of nitrogens with one attached hydrogen (secondary N) is 1. The van der Waals surface area contributed by atoms with Crippen molar-refractivity contribution in [2.24, 2.45) is 0 Å². The molecular weight excluding hydrogens is 374 g/mol. The number of amides is 1. The Morgan fingerprint density at radius 2 is 1.89 bits per heavy atom. The molecule has 1 amide bonds. The summed E-state index contributed by atoms with van der Waals surface area (Å²) in [5.41, 5.74) is 0.456. The van der Waals surface area contributed by atoms with E-state index in [1.165, 1.54) is 19.2 Å². The van der Waals surface area contributed by atoms with Crippen LogP contribution in [0.5, 0.6) is 5.75 Å². The number of hydrogen-bond donors (Lipinski definition) is 1. The lowest BCUT2D eigenvalue weighted by atomic mass is 10.2. The number of anilines is 1. The van der Waals surface area contributed by atoms with Gasteiger partial charge in [0.1, 0.15) is 18.0 Å². The minimum atomic E-state index is -3.90. The second kappa shape index (κ2) is 8.49. The molecule has 0 spiro atoms. The summed E-state index contributed by atoms with van der Waals surface area (Å²) < 4.78 is 30.3. The van der Waals surface area contributed by atoms with Crippen LogP contribution < -0.4 is 14.4 Å². The molecule has 2 aromatic carbocycles. The Morgan fingerprint density at radius 1 is 1.22 bits per heavy atom. The van der Waals surface area contributed by atoms with Gasteiger partial charge in [0, 0.05) is 18.7 Å². The average Bonchev–Trinajstić information content (AvgIpc) is 2.63. The van der Waals surface area contributed by atoms with Crippen LogP contribution >= 0.6 is 0 Å².